The van der Waals surface area contributed by atoms with Crippen molar-refractivity contribution in [3.8, 4) is 0 Å². The van der Waals surface area contributed by atoms with E-state index in [1.165, 1.54) is 15.3 Å². The first-order valence-electron chi connectivity index (χ1n) is 3.17. The van der Waals surface area contributed by atoms with Gasteiger partial charge in [0, 0.05) is 8.86 Å². The average Bonchev–Trinajstić information content (AvgIpc) is 2.34. The minimum Gasteiger partial charge on any atom is -0.0857 e. The fraction of sp³-hybridized carbons (Fsp3) is 0.714. The van der Waals surface area contributed by atoms with Gasteiger partial charge in [0.15, 0.2) is 0 Å². The van der Waals surface area contributed by atoms with Crippen LogP contribution in [0, 0.1) is 11.8 Å². The Morgan fingerprint density at radius 1 is 1.11 bits per heavy atom. The molecule has 1 aliphatic rings. The van der Waals surface area contributed by atoms with E-state index in [1.54, 1.807) is 0 Å². The van der Waals surface area contributed by atoms with E-state index < -0.39 is 0 Å². The second kappa shape index (κ2) is 4.16. The normalized spacial score (nSPS) is 33.6. The van der Waals surface area contributed by atoms with Crippen molar-refractivity contribution in [2.45, 2.75) is 6.42 Å². The molecular formula is C7H10I2. The molecule has 0 spiro atoms. The van der Waals surface area contributed by atoms with Crippen molar-refractivity contribution in [3.63, 3.8) is 0 Å². The fourth-order valence-corrected chi connectivity index (χ4v) is 2.40. The van der Waals surface area contributed by atoms with E-state index in [-0.39, 0.29) is 0 Å². The lowest BCUT2D eigenvalue weighted by atomic mass is 10.1. The van der Waals surface area contributed by atoms with Crippen molar-refractivity contribution in [2.75, 3.05) is 8.86 Å². The van der Waals surface area contributed by atoms with E-state index in [4.69, 9.17) is 0 Å². The molecule has 0 bridgehead atoms. The number of hydrogen-bond donors (Lipinski definition) is 0. The van der Waals surface area contributed by atoms with Crippen LogP contribution in [0.25, 0.3) is 0 Å². The first-order valence-corrected chi connectivity index (χ1v) is 6.22. The van der Waals surface area contributed by atoms with Crippen LogP contribution < -0.4 is 0 Å². The van der Waals surface area contributed by atoms with Gasteiger partial charge in [0.2, 0.25) is 0 Å². The number of halogens is 2. The number of rotatable bonds is 2. The van der Waals surface area contributed by atoms with Crippen LogP contribution in [0.1, 0.15) is 6.42 Å². The zero-order valence-electron chi connectivity index (χ0n) is 5.19. The highest BCUT2D eigenvalue weighted by atomic mass is 127. The maximum absolute atomic E-state index is 2.46. The van der Waals surface area contributed by atoms with Gasteiger partial charge in [-0.3, -0.25) is 0 Å². The summed E-state index contributed by atoms with van der Waals surface area (Å²) in [5.41, 5.74) is 0. The summed E-state index contributed by atoms with van der Waals surface area (Å²) in [6.07, 6.45) is 6.14. The zero-order chi connectivity index (χ0) is 6.69. The SMILES string of the molecule is IC[C@H]1C=C[C@@H](CI)C1. The van der Waals surface area contributed by atoms with Crippen molar-refractivity contribution >= 4 is 45.2 Å². The lowest BCUT2D eigenvalue weighted by Crippen LogP contribution is -1.99. The molecule has 0 aliphatic heterocycles. The third-order valence-corrected chi connectivity index (χ3v) is 3.92. The van der Waals surface area contributed by atoms with Crippen LogP contribution in [0.5, 0.6) is 0 Å². The summed E-state index contributed by atoms with van der Waals surface area (Å²) in [6, 6.07) is 0. The highest BCUT2D eigenvalue weighted by Crippen LogP contribution is 2.26. The molecule has 0 aromatic rings. The van der Waals surface area contributed by atoms with Crippen LogP contribution in [-0.4, -0.2) is 8.86 Å². The fourth-order valence-electron chi connectivity index (χ4n) is 1.09. The summed E-state index contributed by atoms with van der Waals surface area (Å²) in [5, 5.41) is 0. The molecule has 0 fully saturated rings. The number of alkyl halides is 2. The third-order valence-electron chi connectivity index (χ3n) is 1.66. The topological polar surface area (TPSA) is 0 Å². The summed E-state index contributed by atoms with van der Waals surface area (Å²) in [7, 11) is 0. The van der Waals surface area contributed by atoms with Crippen LogP contribution in [0.2, 0.25) is 0 Å². The Labute approximate surface area is 83.8 Å². The highest BCUT2D eigenvalue weighted by Gasteiger charge is 2.15. The van der Waals surface area contributed by atoms with Gasteiger partial charge in [-0.1, -0.05) is 57.3 Å². The van der Waals surface area contributed by atoms with Gasteiger partial charge in [-0.25, -0.2) is 0 Å². The number of allylic oxidation sites excluding steroid dienone is 2. The van der Waals surface area contributed by atoms with Gasteiger partial charge < -0.3 is 0 Å². The van der Waals surface area contributed by atoms with E-state index in [0.717, 1.165) is 11.8 Å². The molecule has 0 saturated heterocycles. The van der Waals surface area contributed by atoms with Crippen molar-refractivity contribution < 1.29 is 0 Å². The predicted molar refractivity (Wildman–Crippen MR) is 58.5 cm³/mol. The summed E-state index contributed by atoms with van der Waals surface area (Å²) >= 11 is 4.92. The first-order chi connectivity index (χ1) is 4.36. The minimum absolute atomic E-state index is 0.880. The summed E-state index contributed by atoms with van der Waals surface area (Å²) in [6.45, 7) is 0. The molecule has 0 amide bonds. The largest absolute Gasteiger partial charge is 0.0857 e. The average molecular weight is 348 g/mol. The van der Waals surface area contributed by atoms with Gasteiger partial charge in [-0.15, -0.1) is 0 Å². The van der Waals surface area contributed by atoms with Gasteiger partial charge in [-0.2, -0.15) is 0 Å². The highest BCUT2D eigenvalue weighted by molar-refractivity contribution is 14.1. The molecular weight excluding hydrogens is 338 g/mol. The van der Waals surface area contributed by atoms with Crippen LogP contribution in [0.3, 0.4) is 0 Å². The lowest BCUT2D eigenvalue weighted by molar-refractivity contribution is 0.614. The minimum atomic E-state index is 0.880. The molecule has 0 aromatic heterocycles. The van der Waals surface area contributed by atoms with Crippen molar-refractivity contribution in [3.05, 3.63) is 12.2 Å². The molecule has 0 heterocycles. The molecule has 9 heavy (non-hydrogen) atoms. The van der Waals surface area contributed by atoms with Gasteiger partial charge in [0.25, 0.3) is 0 Å². The molecule has 2 atom stereocenters. The maximum atomic E-state index is 2.46. The standard InChI is InChI=1S/C7H10I2/c8-4-6-1-2-7(3-6)5-9/h1-2,6-7H,3-5H2/t6-,7+. The molecule has 0 saturated carbocycles. The molecule has 0 N–H and O–H groups in total. The molecule has 1 rings (SSSR count). The van der Waals surface area contributed by atoms with E-state index >= 15 is 0 Å². The monoisotopic (exact) mass is 348 g/mol. The molecule has 0 aromatic carbocycles. The smallest absolute Gasteiger partial charge is 0.00585 e. The van der Waals surface area contributed by atoms with Gasteiger partial charge >= 0.3 is 0 Å². The van der Waals surface area contributed by atoms with E-state index in [0.29, 0.717) is 0 Å². The zero-order valence-corrected chi connectivity index (χ0v) is 9.50. The summed E-state index contributed by atoms with van der Waals surface area (Å²) in [4.78, 5) is 0. The van der Waals surface area contributed by atoms with Crippen LogP contribution in [0.4, 0.5) is 0 Å². The van der Waals surface area contributed by atoms with E-state index in [9.17, 15) is 0 Å². The summed E-state index contributed by atoms with van der Waals surface area (Å²) in [5.74, 6) is 1.76. The van der Waals surface area contributed by atoms with Crippen molar-refractivity contribution in [1.29, 1.82) is 0 Å². The van der Waals surface area contributed by atoms with E-state index in [1.807, 2.05) is 0 Å². The Morgan fingerprint density at radius 3 is 1.78 bits per heavy atom. The third kappa shape index (κ3) is 2.37. The van der Waals surface area contributed by atoms with Crippen LogP contribution in [-0.2, 0) is 0 Å². The quantitative estimate of drug-likeness (QED) is 0.409. The number of hydrogen-bond acceptors (Lipinski definition) is 0. The van der Waals surface area contributed by atoms with Crippen LogP contribution >= 0.6 is 45.2 Å². The lowest BCUT2D eigenvalue weighted by Gasteiger charge is -2.04. The Bertz CT molecular complexity index is 97.5. The van der Waals surface area contributed by atoms with E-state index in [2.05, 4.69) is 57.3 Å². The Hall–Kier alpha value is 1.20. The molecule has 52 valence electrons. The maximum Gasteiger partial charge on any atom is 0.00585 e. The first kappa shape index (κ1) is 8.30. The van der Waals surface area contributed by atoms with Gasteiger partial charge in [0.05, 0.1) is 0 Å². The molecule has 1 aliphatic carbocycles. The Balaban J connectivity index is 2.31. The molecule has 0 radical (unpaired) electrons. The van der Waals surface area contributed by atoms with Crippen LogP contribution in [0.15, 0.2) is 12.2 Å². The van der Waals surface area contributed by atoms with Gasteiger partial charge in [-0.05, 0) is 18.3 Å². The molecule has 0 nitrogen and oxygen atoms in total. The van der Waals surface area contributed by atoms with Crippen molar-refractivity contribution in [1.82, 2.24) is 0 Å². The second-order valence-corrected chi connectivity index (χ2v) is 4.21. The predicted octanol–water partition coefficient (Wildman–Crippen LogP) is 3.05. The second-order valence-electron chi connectivity index (χ2n) is 2.45. The summed E-state index contributed by atoms with van der Waals surface area (Å²) < 4.78 is 2.59. The Kier molecular flexibility index (Phi) is 3.83. The molecule has 2 heteroatoms. The Morgan fingerprint density at radius 2 is 1.56 bits per heavy atom. The van der Waals surface area contributed by atoms with Crippen molar-refractivity contribution in [2.24, 2.45) is 11.8 Å². The van der Waals surface area contributed by atoms with Gasteiger partial charge in [0.1, 0.15) is 0 Å². The molecule has 0 unspecified atom stereocenters.